The van der Waals surface area contributed by atoms with E-state index in [1.54, 1.807) is 0 Å². The fourth-order valence-electron chi connectivity index (χ4n) is 4.47. The van der Waals surface area contributed by atoms with Crippen LogP contribution >= 0.6 is 0 Å². The van der Waals surface area contributed by atoms with Gasteiger partial charge in [-0.3, -0.25) is 0 Å². The largest absolute Gasteiger partial charge is 0.229 e. The molecule has 3 heteroatoms. The molecule has 2 fully saturated rings. The molecular weight excluding hydrogens is 244 g/mol. The summed E-state index contributed by atoms with van der Waals surface area (Å²) < 4.78 is 25.2. The van der Waals surface area contributed by atoms with Gasteiger partial charge in [0.2, 0.25) is 0 Å². The molecule has 2 rings (SSSR count). The first-order valence-electron chi connectivity index (χ1n) is 7.30. The van der Waals surface area contributed by atoms with Crippen LogP contribution in [0.25, 0.3) is 0 Å². The Balaban J connectivity index is 2.52. The maximum atomic E-state index is 12.6. The maximum Gasteiger partial charge on any atom is 0.153 e. The van der Waals surface area contributed by atoms with Gasteiger partial charge in [-0.15, -0.1) is 0 Å². The zero-order valence-corrected chi connectivity index (χ0v) is 13.3. The summed E-state index contributed by atoms with van der Waals surface area (Å²) in [6.07, 6.45) is 4.97. The van der Waals surface area contributed by atoms with Gasteiger partial charge in [-0.1, -0.05) is 40.5 Å². The Morgan fingerprint density at radius 1 is 0.944 bits per heavy atom. The topological polar surface area (TPSA) is 34.1 Å². The number of hydrogen-bond donors (Lipinski definition) is 0. The van der Waals surface area contributed by atoms with Gasteiger partial charge in [0.05, 0.1) is 11.0 Å². The van der Waals surface area contributed by atoms with Crippen LogP contribution in [-0.4, -0.2) is 19.4 Å². The van der Waals surface area contributed by atoms with E-state index < -0.39 is 9.84 Å². The predicted molar refractivity (Wildman–Crippen MR) is 76.3 cm³/mol. The standard InChI is InChI=1S/C15H28O2S/c1-11-15(4,5)13-9-7-6-8-12(13)14(2,3)10-18(11,16)17/h11-13H,6-10H2,1-5H3. The first-order valence-corrected chi connectivity index (χ1v) is 9.02. The van der Waals surface area contributed by atoms with Crippen LogP contribution in [0.5, 0.6) is 0 Å². The smallest absolute Gasteiger partial charge is 0.153 e. The first kappa shape index (κ1) is 14.4. The lowest BCUT2D eigenvalue weighted by molar-refractivity contribution is 0.0337. The fourth-order valence-corrected chi connectivity index (χ4v) is 7.07. The molecule has 0 radical (unpaired) electrons. The molecule has 1 saturated carbocycles. The van der Waals surface area contributed by atoms with E-state index in [1.807, 2.05) is 6.92 Å². The van der Waals surface area contributed by atoms with Crippen molar-refractivity contribution in [1.82, 2.24) is 0 Å². The lowest BCUT2D eigenvalue weighted by Gasteiger charge is -2.47. The number of hydrogen-bond acceptors (Lipinski definition) is 2. The van der Waals surface area contributed by atoms with Crippen molar-refractivity contribution in [2.24, 2.45) is 22.7 Å². The van der Waals surface area contributed by atoms with Crippen molar-refractivity contribution >= 4 is 9.84 Å². The van der Waals surface area contributed by atoms with Crippen LogP contribution in [0.15, 0.2) is 0 Å². The van der Waals surface area contributed by atoms with E-state index in [9.17, 15) is 8.42 Å². The van der Waals surface area contributed by atoms with Gasteiger partial charge < -0.3 is 0 Å². The van der Waals surface area contributed by atoms with Gasteiger partial charge in [-0.2, -0.15) is 0 Å². The van der Waals surface area contributed by atoms with Crippen molar-refractivity contribution in [2.75, 3.05) is 5.75 Å². The Hall–Kier alpha value is -0.0500. The Labute approximate surface area is 112 Å². The van der Waals surface area contributed by atoms with E-state index in [0.29, 0.717) is 17.6 Å². The molecule has 3 unspecified atom stereocenters. The van der Waals surface area contributed by atoms with Gasteiger partial charge in [-0.25, -0.2) is 8.42 Å². The lowest BCUT2D eigenvalue weighted by atomic mass is 9.58. The third kappa shape index (κ3) is 2.13. The molecule has 0 aromatic carbocycles. The van der Waals surface area contributed by atoms with Gasteiger partial charge in [0.25, 0.3) is 0 Å². The van der Waals surface area contributed by atoms with E-state index in [2.05, 4.69) is 27.7 Å². The summed E-state index contributed by atoms with van der Waals surface area (Å²) in [7, 11) is -2.97. The van der Waals surface area contributed by atoms with Crippen LogP contribution in [0.3, 0.4) is 0 Å². The molecule has 0 aromatic rings. The van der Waals surface area contributed by atoms with Gasteiger partial charge in [0.15, 0.2) is 9.84 Å². The third-order valence-electron chi connectivity index (χ3n) is 5.89. The van der Waals surface area contributed by atoms with Gasteiger partial charge in [0, 0.05) is 0 Å². The molecule has 2 nitrogen and oxygen atoms in total. The molecule has 18 heavy (non-hydrogen) atoms. The predicted octanol–water partition coefficient (Wildman–Crippen LogP) is 3.66. The summed E-state index contributed by atoms with van der Waals surface area (Å²) in [6, 6.07) is 0. The van der Waals surface area contributed by atoms with Crippen LogP contribution in [0.1, 0.15) is 60.3 Å². The minimum absolute atomic E-state index is 0.0635. The van der Waals surface area contributed by atoms with Crippen LogP contribution in [0, 0.1) is 22.7 Å². The molecule has 0 amide bonds. The molecule has 0 aromatic heterocycles. The van der Waals surface area contributed by atoms with Crippen molar-refractivity contribution in [1.29, 1.82) is 0 Å². The Bertz CT molecular complexity index is 420. The van der Waals surface area contributed by atoms with Crippen molar-refractivity contribution in [3.63, 3.8) is 0 Å². The van der Waals surface area contributed by atoms with Crippen molar-refractivity contribution in [3.8, 4) is 0 Å². The second-order valence-electron chi connectivity index (χ2n) is 7.76. The Kier molecular flexibility index (Phi) is 3.37. The minimum Gasteiger partial charge on any atom is -0.229 e. The highest BCUT2D eigenvalue weighted by atomic mass is 32.2. The molecule has 1 aliphatic heterocycles. The van der Waals surface area contributed by atoms with Crippen molar-refractivity contribution in [2.45, 2.75) is 65.6 Å². The molecule has 0 spiro atoms. The van der Waals surface area contributed by atoms with E-state index in [4.69, 9.17) is 0 Å². The average Bonchev–Trinajstić information content (AvgIpc) is 2.29. The highest BCUT2D eigenvalue weighted by Crippen LogP contribution is 2.55. The highest BCUT2D eigenvalue weighted by Gasteiger charge is 2.53. The molecule has 3 atom stereocenters. The summed E-state index contributed by atoms with van der Waals surface area (Å²) in [5.74, 6) is 1.50. The van der Waals surface area contributed by atoms with Crippen molar-refractivity contribution < 1.29 is 8.42 Å². The van der Waals surface area contributed by atoms with E-state index in [-0.39, 0.29) is 16.1 Å². The fraction of sp³-hybridized carbons (Fsp3) is 1.00. The van der Waals surface area contributed by atoms with Gasteiger partial charge in [-0.05, 0) is 42.4 Å². The van der Waals surface area contributed by atoms with Crippen LogP contribution in [-0.2, 0) is 9.84 Å². The van der Waals surface area contributed by atoms with Crippen molar-refractivity contribution in [3.05, 3.63) is 0 Å². The van der Waals surface area contributed by atoms with E-state index in [0.717, 1.165) is 0 Å². The summed E-state index contributed by atoms with van der Waals surface area (Å²) in [6.45, 7) is 10.6. The Morgan fingerprint density at radius 3 is 2.00 bits per heavy atom. The monoisotopic (exact) mass is 272 g/mol. The van der Waals surface area contributed by atoms with E-state index >= 15 is 0 Å². The highest BCUT2D eigenvalue weighted by molar-refractivity contribution is 7.92. The molecule has 2 aliphatic rings. The number of sulfone groups is 1. The third-order valence-corrected chi connectivity index (χ3v) is 8.72. The van der Waals surface area contributed by atoms with Gasteiger partial charge in [0.1, 0.15) is 0 Å². The second-order valence-corrected chi connectivity index (χ2v) is 10.1. The summed E-state index contributed by atoms with van der Waals surface area (Å²) in [4.78, 5) is 0. The normalized spacial score (nSPS) is 41.7. The average molecular weight is 272 g/mol. The molecular formula is C15H28O2S. The quantitative estimate of drug-likeness (QED) is 0.674. The second kappa shape index (κ2) is 4.22. The maximum absolute atomic E-state index is 12.6. The molecule has 1 saturated heterocycles. The lowest BCUT2D eigenvalue weighted by Crippen LogP contribution is -2.42. The number of fused-ring (bicyclic) bond motifs is 1. The molecule has 1 aliphatic carbocycles. The zero-order chi connectivity index (χ0) is 13.8. The number of rotatable bonds is 0. The summed E-state index contributed by atoms with van der Waals surface area (Å²) >= 11 is 0. The van der Waals surface area contributed by atoms with E-state index in [1.165, 1.54) is 25.7 Å². The molecule has 0 N–H and O–H groups in total. The van der Waals surface area contributed by atoms with Gasteiger partial charge >= 0.3 is 0 Å². The van der Waals surface area contributed by atoms with Crippen LogP contribution < -0.4 is 0 Å². The van der Waals surface area contributed by atoms with Crippen LogP contribution in [0.4, 0.5) is 0 Å². The minimum atomic E-state index is -2.97. The first-order chi connectivity index (χ1) is 8.09. The SMILES string of the molecule is CC1C(C)(C)C2CCCCC2C(C)(C)CS1(=O)=O. The molecule has 1 heterocycles. The summed E-state index contributed by atoms with van der Waals surface area (Å²) in [5, 5.41) is -0.211. The Morgan fingerprint density at radius 2 is 1.44 bits per heavy atom. The molecule has 106 valence electrons. The zero-order valence-electron chi connectivity index (χ0n) is 12.5. The van der Waals surface area contributed by atoms with Crippen LogP contribution in [0.2, 0.25) is 0 Å². The summed E-state index contributed by atoms with van der Waals surface area (Å²) in [5.41, 5.74) is -0.149. The molecule has 0 bridgehead atoms.